The third-order valence-corrected chi connectivity index (χ3v) is 4.62. The third-order valence-electron chi connectivity index (χ3n) is 2.38. The van der Waals surface area contributed by atoms with E-state index in [2.05, 4.69) is 4.72 Å². The summed E-state index contributed by atoms with van der Waals surface area (Å²) in [5, 5.41) is 8.70. The Morgan fingerprint density at radius 1 is 1.35 bits per heavy atom. The second kappa shape index (κ2) is 7.08. The highest BCUT2D eigenvalue weighted by Gasteiger charge is 2.21. The highest BCUT2D eigenvalue weighted by atomic mass is 35.5. The summed E-state index contributed by atoms with van der Waals surface area (Å²) in [6.45, 7) is 2.01. The highest BCUT2D eigenvalue weighted by Crippen LogP contribution is 2.28. The lowest BCUT2D eigenvalue weighted by Gasteiger charge is -2.09. The largest absolute Gasteiger partial charge is 0.478 e. The molecule has 5 nitrogen and oxygen atoms in total. The Bertz CT molecular complexity index is 641. The summed E-state index contributed by atoms with van der Waals surface area (Å²) in [4.78, 5) is 10.7. The van der Waals surface area contributed by atoms with E-state index in [1.54, 1.807) is 12.2 Å². The van der Waals surface area contributed by atoms with Crippen molar-refractivity contribution in [2.75, 3.05) is 6.54 Å². The van der Waals surface area contributed by atoms with E-state index in [1.807, 2.05) is 6.92 Å². The fraction of sp³-hybridized carbons (Fsp3) is 0.250. The van der Waals surface area contributed by atoms with E-state index < -0.39 is 16.0 Å². The first-order valence-corrected chi connectivity index (χ1v) is 7.86. The van der Waals surface area contributed by atoms with Crippen molar-refractivity contribution < 1.29 is 18.3 Å². The van der Waals surface area contributed by atoms with Gasteiger partial charge in [-0.1, -0.05) is 35.4 Å². The normalized spacial score (nSPS) is 11.9. The zero-order valence-corrected chi connectivity index (χ0v) is 12.9. The number of carboxylic acid groups (broad SMARTS) is 1. The number of carboxylic acids is 1. The number of benzene rings is 1. The number of hydrogen-bond acceptors (Lipinski definition) is 3. The van der Waals surface area contributed by atoms with Crippen LogP contribution >= 0.6 is 23.2 Å². The molecule has 0 aliphatic carbocycles. The average molecular weight is 338 g/mol. The Morgan fingerprint density at radius 2 is 2.00 bits per heavy atom. The first-order chi connectivity index (χ1) is 9.29. The van der Waals surface area contributed by atoms with Gasteiger partial charge in [-0.2, -0.15) is 0 Å². The molecule has 110 valence electrons. The molecule has 1 rings (SSSR count). The Balaban J connectivity index is 3.11. The predicted molar refractivity (Wildman–Crippen MR) is 78.0 cm³/mol. The molecule has 1 aromatic rings. The van der Waals surface area contributed by atoms with Crippen molar-refractivity contribution in [1.29, 1.82) is 0 Å². The molecule has 20 heavy (non-hydrogen) atoms. The Labute approximate surface area is 127 Å². The zero-order chi connectivity index (χ0) is 15.3. The predicted octanol–water partition coefficient (Wildman–Crippen LogP) is 2.94. The van der Waals surface area contributed by atoms with Gasteiger partial charge in [-0.3, -0.25) is 0 Å². The maximum Gasteiger partial charge on any atom is 0.337 e. The fourth-order valence-corrected chi connectivity index (χ4v) is 3.32. The Hall–Kier alpha value is -1.08. The van der Waals surface area contributed by atoms with Crippen LogP contribution in [-0.4, -0.2) is 26.0 Å². The minimum absolute atomic E-state index is 0.115. The van der Waals surface area contributed by atoms with Crippen molar-refractivity contribution in [2.45, 2.75) is 18.2 Å². The second-order valence-electron chi connectivity index (χ2n) is 3.82. The summed E-state index contributed by atoms with van der Waals surface area (Å²) >= 11 is 11.5. The van der Waals surface area contributed by atoms with Crippen molar-refractivity contribution >= 4 is 39.2 Å². The second-order valence-corrected chi connectivity index (χ2v) is 6.37. The lowest BCUT2D eigenvalue weighted by atomic mass is 10.2. The highest BCUT2D eigenvalue weighted by molar-refractivity contribution is 7.89. The van der Waals surface area contributed by atoms with Crippen LogP contribution in [0, 0.1) is 0 Å². The van der Waals surface area contributed by atoms with Crippen LogP contribution < -0.4 is 4.72 Å². The van der Waals surface area contributed by atoms with E-state index in [0.717, 1.165) is 12.1 Å². The zero-order valence-electron chi connectivity index (χ0n) is 10.6. The number of nitrogens with one attached hydrogen (secondary N) is 1. The minimum atomic E-state index is -3.88. The SMILES string of the molecule is C/C=C/CCNS(=O)(=O)c1cc(C(=O)O)c(Cl)cc1Cl. The molecule has 0 saturated carbocycles. The summed E-state index contributed by atoms with van der Waals surface area (Å²) in [7, 11) is -3.88. The number of aromatic carboxylic acids is 1. The van der Waals surface area contributed by atoms with Gasteiger partial charge in [0.25, 0.3) is 0 Å². The molecule has 0 aliphatic heterocycles. The van der Waals surface area contributed by atoms with Crippen LogP contribution in [0.3, 0.4) is 0 Å². The number of halogens is 2. The fourth-order valence-electron chi connectivity index (χ4n) is 1.42. The number of rotatable bonds is 6. The molecule has 0 saturated heterocycles. The molecule has 0 heterocycles. The van der Waals surface area contributed by atoms with Gasteiger partial charge < -0.3 is 5.11 Å². The summed E-state index contributed by atoms with van der Waals surface area (Å²) in [5.74, 6) is -1.32. The topological polar surface area (TPSA) is 83.5 Å². The first-order valence-electron chi connectivity index (χ1n) is 5.62. The molecule has 0 amide bonds. The van der Waals surface area contributed by atoms with Crippen molar-refractivity contribution in [3.8, 4) is 0 Å². The molecule has 0 radical (unpaired) electrons. The van der Waals surface area contributed by atoms with Crippen LogP contribution in [0.1, 0.15) is 23.7 Å². The molecule has 2 N–H and O–H groups in total. The molecular formula is C12H13Cl2NO4S. The number of sulfonamides is 1. The van der Waals surface area contributed by atoms with E-state index in [1.165, 1.54) is 0 Å². The van der Waals surface area contributed by atoms with Crippen molar-refractivity contribution in [3.05, 3.63) is 39.9 Å². The van der Waals surface area contributed by atoms with Gasteiger partial charge in [0.15, 0.2) is 0 Å². The third kappa shape index (κ3) is 4.21. The van der Waals surface area contributed by atoms with E-state index in [9.17, 15) is 13.2 Å². The number of carbonyl (C=O) groups is 1. The number of allylic oxidation sites excluding steroid dienone is 1. The van der Waals surface area contributed by atoms with Crippen molar-refractivity contribution in [1.82, 2.24) is 4.72 Å². The Morgan fingerprint density at radius 3 is 2.55 bits per heavy atom. The van der Waals surface area contributed by atoms with E-state index in [4.69, 9.17) is 28.3 Å². The van der Waals surface area contributed by atoms with Crippen molar-refractivity contribution in [3.63, 3.8) is 0 Å². The molecule has 0 aliphatic rings. The summed E-state index contributed by atoms with van der Waals surface area (Å²) < 4.78 is 26.4. The summed E-state index contributed by atoms with van der Waals surface area (Å²) in [6.07, 6.45) is 4.12. The molecule has 1 aromatic carbocycles. The van der Waals surface area contributed by atoms with Crippen molar-refractivity contribution in [2.24, 2.45) is 0 Å². The smallest absolute Gasteiger partial charge is 0.337 e. The van der Waals surface area contributed by atoms with Gasteiger partial charge in [-0.25, -0.2) is 17.9 Å². The minimum Gasteiger partial charge on any atom is -0.478 e. The number of hydrogen-bond donors (Lipinski definition) is 2. The molecular weight excluding hydrogens is 325 g/mol. The maximum absolute atomic E-state index is 12.0. The molecule has 0 unspecified atom stereocenters. The summed E-state index contributed by atoms with van der Waals surface area (Å²) in [6, 6.07) is 2.05. The van der Waals surface area contributed by atoms with Gasteiger partial charge in [0.05, 0.1) is 15.6 Å². The lowest BCUT2D eigenvalue weighted by molar-refractivity contribution is 0.0697. The quantitative estimate of drug-likeness (QED) is 0.617. The molecule has 8 heteroatoms. The monoisotopic (exact) mass is 337 g/mol. The van der Waals surface area contributed by atoms with Gasteiger partial charge >= 0.3 is 5.97 Å². The van der Waals surface area contributed by atoms with Crippen LogP contribution in [0.25, 0.3) is 0 Å². The summed E-state index contributed by atoms with van der Waals surface area (Å²) in [5.41, 5.74) is -0.315. The van der Waals surface area contributed by atoms with Crippen LogP contribution in [-0.2, 0) is 10.0 Å². The van der Waals surface area contributed by atoms with Crippen LogP contribution in [0.4, 0.5) is 0 Å². The molecule has 0 bridgehead atoms. The average Bonchev–Trinajstić information content (AvgIpc) is 2.33. The van der Waals surface area contributed by atoms with Gasteiger partial charge in [-0.05, 0) is 25.5 Å². The maximum atomic E-state index is 12.0. The Kier molecular flexibility index (Phi) is 6.01. The molecule has 0 spiro atoms. The van der Waals surface area contributed by atoms with Crippen LogP contribution in [0.2, 0.25) is 10.0 Å². The molecule has 0 aromatic heterocycles. The molecule has 0 fully saturated rings. The van der Waals surface area contributed by atoms with Crippen LogP contribution in [0.15, 0.2) is 29.2 Å². The van der Waals surface area contributed by atoms with E-state index in [0.29, 0.717) is 6.42 Å². The first kappa shape index (κ1) is 17.0. The van der Waals surface area contributed by atoms with E-state index >= 15 is 0 Å². The lowest BCUT2D eigenvalue weighted by Crippen LogP contribution is -2.25. The van der Waals surface area contributed by atoms with Gasteiger partial charge in [0.1, 0.15) is 4.90 Å². The van der Waals surface area contributed by atoms with Gasteiger partial charge in [0.2, 0.25) is 10.0 Å². The van der Waals surface area contributed by atoms with Gasteiger partial charge in [-0.15, -0.1) is 0 Å². The van der Waals surface area contributed by atoms with Crippen LogP contribution in [0.5, 0.6) is 0 Å². The van der Waals surface area contributed by atoms with E-state index in [-0.39, 0.29) is 27.0 Å². The standard InChI is InChI=1S/C12H13Cl2NO4S/c1-2-3-4-5-15-20(18,19)11-6-8(12(16)17)9(13)7-10(11)14/h2-3,6-7,15H,4-5H2,1H3,(H,16,17)/b3-2+. The molecule has 0 atom stereocenters. The van der Waals surface area contributed by atoms with Gasteiger partial charge in [0, 0.05) is 6.54 Å².